The number of anilines is 3. The zero-order valence-electron chi connectivity index (χ0n) is 20.3. The summed E-state index contributed by atoms with van der Waals surface area (Å²) in [5, 5.41) is 9.09. The van der Waals surface area contributed by atoms with Gasteiger partial charge in [0, 0.05) is 43.5 Å². The van der Waals surface area contributed by atoms with Crippen LogP contribution in [0.1, 0.15) is 17.3 Å². The summed E-state index contributed by atoms with van der Waals surface area (Å²) in [5.41, 5.74) is 3.00. The number of hydrogen-bond acceptors (Lipinski definition) is 11. The number of rotatable bonds is 6. The fourth-order valence-electron chi connectivity index (χ4n) is 4.25. The highest BCUT2D eigenvalue weighted by atomic mass is 32.1. The van der Waals surface area contributed by atoms with E-state index >= 15 is 0 Å². The second kappa shape index (κ2) is 9.71. The van der Waals surface area contributed by atoms with E-state index in [2.05, 4.69) is 25.1 Å². The summed E-state index contributed by atoms with van der Waals surface area (Å²) in [5.74, 6) is 1.54. The summed E-state index contributed by atoms with van der Waals surface area (Å²) in [6.45, 7) is 4.86. The predicted molar refractivity (Wildman–Crippen MR) is 142 cm³/mol. The van der Waals surface area contributed by atoms with Gasteiger partial charge in [0.2, 0.25) is 5.95 Å². The van der Waals surface area contributed by atoms with Crippen LogP contribution in [0, 0.1) is 0 Å². The Kier molecular flexibility index (Phi) is 6.10. The van der Waals surface area contributed by atoms with Crippen molar-refractivity contribution in [1.82, 2.24) is 30.1 Å². The van der Waals surface area contributed by atoms with Gasteiger partial charge in [-0.2, -0.15) is 5.10 Å². The maximum absolute atomic E-state index is 12.0. The highest BCUT2D eigenvalue weighted by Gasteiger charge is 2.22. The van der Waals surface area contributed by atoms with Gasteiger partial charge in [0.1, 0.15) is 5.00 Å². The molecule has 1 aromatic carbocycles. The van der Waals surface area contributed by atoms with Gasteiger partial charge in [0.05, 0.1) is 47.3 Å². The van der Waals surface area contributed by atoms with Gasteiger partial charge in [-0.05, 0) is 19.1 Å². The van der Waals surface area contributed by atoms with Gasteiger partial charge in [0.15, 0.2) is 11.6 Å². The Morgan fingerprint density at radius 3 is 2.78 bits per heavy atom. The molecule has 5 aromatic rings. The molecule has 12 heteroatoms. The van der Waals surface area contributed by atoms with Crippen LogP contribution < -0.4 is 9.80 Å². The number of nitrogens with one attached hydrogen (secondary N) is 1. The van der Waals surface area contributed by atoms with Crippen molar-refractivity contribution in [3.05, 3.63) is 48.4 Å². The number of fused-ring (bicyclic) bond motifs is 2. The SMILES string of the molecule is CCOC(=O)c1cnc(N(C)c2cc3nc(-c4cccc5[nH]ncc45)nc(N4CCOCC4)c3s2)nc1. The molecule has 1 aliphatic rings. The van der Waals surface area contributed by atoms with Gasteiger partial charge in [-0.25, -0.2) is 24.7 Å². The van der Waals surface area contributed by atoms with Crippen molar-refractivity contribution in [1.29, 1.82) is 0 Å². The van der Waals surface area contributed by atoms with E-state index in [1.54, 1.807) is 24.5 Å². The molecule has 1 fully saturated rings. The number of H-pyrrole nitrogens is 1. The first-order valence-electron chi connectivity index (χ1n) is 11.9. The van der Waals surface area contributed by atoms with Crippen molar-refractivity contribution in [2.24, 2.45) is 0 Å². The van der Waals surface area contributed by atoms with E-state index < -0.39 is 5.97 Å². The molecule has 4 aromatic heterocycles. The fourth-order valence-corrected chi connectivity index (χ4v) is 5.33. The molecular weight excluding hydrogens is 492 g/mol. The zero-order chi connectivity index (χ0) is 25.4. The smallest absolute Gasteiger partial charge is 0.341 e. The molecule has 1 aliphatic heterocycles. The Bertz CT molecular complexity index is 1580. The first-order chi connectivity index (χ1) is 18.1. The number of nitrogens with zero attached hydrogens (tertiary/aromatic N) is 7. The largest absolute Gasteiger partial charge is 0.462 e. The molecule has 0 bridgehead atoms. The molecule has 0 unspecified atom stereocenters. The van der Waals surface area contributed by atoms with Gasteiger partial charge in [-0.15, -0.1) is 11.3 Å². The van der Waals surface area contributed by atoms with Crippen LogP contribution in [0.4, 0.5) is 16.8 Å². The Labute approximate surface area is 216 Å². The van der Waals surface area contributed by atoms with E-state index in [1.165, 1.54) is 12.4 Å². The zero-order valence-corrected chi connectivity index (χ0v) is 21.2. The molecule has 0 saturated carbocycles. The van der Waals surface area contributed by atoms with E-state index in [0.29, 0.717) is 37.2 Å². The van der Waals surface area contributed by atoms with Crippen LogP contribution in [0.15, 0.2) is 42.9 Å². The number of thiophene rings is 1. The standard InChI is InChI=1S/C25H24N8O3S/c1-3-36-24(34)15-12-26-25(27-13-15)32(2)20-11-19-21(37-20)23(33-7-9-35-10-8-33)30-22(29-19)16-5-4-6-18-17(16)14-28-31-18/h4-6,11-14H,3,7-10H2,1-2H3,(H,28,31). The maximum Gasteiger partial charge on any atom is 0.341 e. The molecule has 0 radical (unpaired) electrons. The average molecular weight is 517 g/mol. The van der Waals surface area contributed by atoms with Crippen molar-refractivity contribution in [2.45, 2.75) is 6.92 Å². The second-order valence-corrected chi connectivity index (χ2v) is 9.49. The van der Waals surface area contributed by atoms with Crippen LogP contribution in [0.5, 0.6) is 0 Å². The molecule has 6 rings (SSSR count). The van der Waals surface area contributed by atoms with E-state index in [0.717, 1.165) is 50.6 Å². The molecule has 1 saturated heterocycles. The number of esters is 1. The number of hydrogen-bond donors (Lipinski definition) is 1. The molecule has 0 atom stereocenters. The lowest BCUT2D eigenvalue weighted by atomic mass is 10.1. The minimum atomic E-state index is -0.441. The van der Waals surface area contributed by atoms with Crippen LogP contribution in [0.25, 0.3) is 32.5 Å². The van der Waals surface area contributed by atoms with Gasteiger partial charge in [0.25, 0.3) is 0 Å². The van der Waals surface area contributed by atoms with Crippen molar-refractivity contribution in [2.75, 3.05) is 49.8 Å². The summed E-state index contributed by atoms with van der Waals surface area (Å²) >= 11 is 1.58. The number of aromatic nitrogens is 6. The van der Waals surface area contributed by atoms with Gasteiger partial charge in [-0.1, -0.05) is 12.1 Å². The quantitative estimate of drug-likeness (QED) is 0.333. The minimum Gasteiger partial charge on any atom is -0.462 e. The highest BCUT2D eigenvalue weighted by molar-refractivity contribution is 7.23. The maximum atomic E-state index is 12.0. The molecule has 0 amide bonds. The van der Waals surface area contributed by atoms with Crippen molar-refractivity contribution >= 4 is 55.2 Å². The van der Waals surface area contributed by atoms with Crippen LogP contribution in [0.3, 0.4) is 0 Å². The molecule has 1 N–H and O–H groups in total. The Balaban J connectivity index is 1.42. The summed E-state index contributed by atoms with van der Waals surface area (Å²) in [4.78, 5) is 34.9. The second-order valence-electron chi connectivity index (χ2n) is 8.46. The summed E-state index contributed by atoms with van der Waals surface area (Å²) in [7, 11) is 1.89. The predicted octanol–water partition coefficient (Wildman–Crippen LogP) is 3.81. The fraction of sp³-hybridized carbons (Fsp3) is 0.280. The molecule has 37 heavy (non-hydrogen) atoms. The number of carbonyl (C=O) groups is 1. The first-order valence-corrected chi connectivity index (χ1v) is 12.7. The van der Waals surface area contributed by atoms with E-state index in [1.807, 2.05) is 36.2 Å². The van der Waals surface area contributed by atoms with Crippen LogP contribution in [-0.2, 0) is 9.47 Å². The number of ether oxygens (including phenoxy) is 2. The Morgan fingerprint density at radius 2 is 2.00 bits per heavy atom. The lowest BCUT2D eigenvalue weighted by Gasteiger charge is -2.28. The lowest BCUT2D eigenvalue weighted by Crippen LogP contribution is -2.36. The van der Waals surface area contributed by atoms with Crippen molar-refractivity contribution in [3.8, 4) is 11.4 Å². The topological polar surface area (TPSA) is 122 Å². The third-order valence-corrected chi connectivity index (χ3v) is 7.35. The average Bonchev–Trinajstić information content (AvgIpc) is 3.60. The number of benzene rings is 1. The number of aromatic amines is 1. The highest BCUT2D eigenvalue weighted by Crippen LogP contribution is 2.40. The Hall–Kier alpha value is -4.16. The minimum absolute atomic E-state index is 0.297. The molecule has 188 valence electrons. The Morgan fingerprint density at radius 1 is 1.19 bits per heavy atom. The molecule has 0 aliphatic carbocycles. The van der Waals surface area contributed by atoms with Crippen molar-refractivity contribution < 1.29 is 14.3 Å². The summed E-state index contributed by atoms with van der Waals surface area (Å²) in [6.07, 6.45) is 4.76. The van der Waals surface area contributed by atoms with Gasteiger partial charge >= 0.3 is 5.97 Å². The molecular formula is C25H24N8O3S. The van der Waals surface area contributed by atoms with Crippen molar-refractivity contribution in [3.63, 3.8) is 0 Å². The third-order valence-electron chi connectivity index (χ3n) is 6.16. The number of carbonyl (C=O) groups excluding carboxylic acids is 1. The first kappa shape index (κ1) is 23.3. The van der Waals surface area contributed by atoms with Crippen LogP contribution in [-0.4, -0.2) is 76.1 Å². The molecule has 5 heterocycles. The van der Waals surface area contributed by atoms with E-state index in [4.69, 9.17) is 19.4 Å². The summed E-state index contributed by atoms with van der Waals surface area (Å²) in [6, 6.07) is 7.99. The monoisotopic (exact) mass is 516 g/mol. The lowest BCUT2D eigenvalue weighted by molar-refractivity contribution is 0.0525. The normalized spacial score (nSPS) is 13.8. The summed E-state index contributed by atoms with van der Waals surface area (Å²) < 4.78 is 11.6. The van der Waals surface area contributed by atoms with Gasteiger partial charge in [-0.3, -0.25) is 5.10 Å². The van der Waals surface area contributed by atoms with Gasteiger partial charge < -0.3 is 19.3 Å². The molecule has 0 spiro atoms. The third kappa shape index (κ3) is 4.34. The van der Waals surface area contributed by atoms with Crippen LogP contribution in [0.2, 0.25) is 0 Å². The number of morpholine rings is 1. The molecule has 11 nitrogen and oxygen atoms in total. The van der Waals surface area contributed by atoms with Crippen LogP contribution >= 0.6 is 11.3 Å². The van der Waals surface area contributed by atoms with E-state index in [-0.39, 0.29) is 0 Å². The van der Waals surface area contributed by atoms with E-state index in [9.17, 15) is 4.79 Å².